The Morgan fingerprint density at radius 3 is 2.57 bits per heavy atom. The second-order valence-corrected chi connectivity index (χ2v) is 4.64. The van der Waals surface area contributed by atoms with Crippen molar-refractivity contribution in [3.05, 3.63) is 36.7 Å². The standard InChI is InChI=1S/C15H18N6/c1-3-21(4-2)15-19-13-12(16-10-17-13)14(20-15)18-11-8-6-5-7-9-11/h5-10H,3-4H2,1-2H3,(H2,16,17,18,19,20). The third-order valence-corrected chi connectivity index (χ3v) is 3.35. The molecule has 0 saturated heterocycles. The van der Waals surface area contributed by atoms with Gasteiger partial charge < -0.3 is 15.2 Å². The Morgan fingerprint density at radius 2 is 1.86 bits per heavy atom. The van der Waals surface area contributed by atoms with E-state index in [-0.39, 0.29) is 0 Å². The molecule has 0 bridgehead atoms. The highest BCUT2D eigenvalue weighted by Gasteiger charge is 2.13. The van der Waals surface area contributed by atoms with E-state index >= 15 is 0 Å². The van der Waals surface area contributed by atoms with Crippen molar-refractivity contribution in [2.75, 3.05) is 23.3 Å². The molecule has 21 heavy (non-hydrogen) atoms. The average molecular weight is 282 g/mol. The van der Waals surface area contributed by atoms with Crippen LogP contribution >= 0.6 is 0 Å². The van der Waals surface area contributed by atoms with Crippen LogP contribution in [0, 0.1) is 0 Å². The van der Waals surface area contributed by atoms with Crippen LogP contribution in [0.2, 0.25) is 0 Å². The van der Waals surface area contributed by atoms with Crippen LogP contribution in [0.25, 0.3) is 11.2 Å². The summed E-state index contributed by atoms with van der Waals surface area (Å²) in [6.45, 7) is 5.91. The Morgan fingerprint density at radius 1 is 1.10 bits per heavy atom. The van der Waals surface area contributed by atoms with Gasteiger partial charge in [0.05, 0.1) is 6.33 Å². The fraction of sp³-hybridized carbons (Fsp3) is 0.267. The number of nitrogens with zero attached hydrogens (tertiary/aromatic N) is 4. The van der Waals surface area contributed by atoms with Crippen molar-refractivity contribution >= 4 is 28.6 Å². The number of hydrogen-bond acceptors (Lipinski definition) is 5. The minimum Gasteiger partial charge on any atom is -0.341 e. The van der Waals surface area contributed by atoms with Gasteiger partial charge in [-0.25, -0.2) is 4.98 Å². The van der Waals surface area contributed by atoms with Crippen LogP contribution in [0.1, 0.15) is 13.8 Å². The molecule has 6 heteroatoms. The van der Waals surface area contributed by atoms with Gasteiger partial charge in [-0.05, 0) is 26.0 Å². The third kappa shape index (κ3) is 2.65. The Balaban J connectivity index is 2.05. The summed E-state index contributed by atoms with van der Waals surface area (Å²) in [6.07, 6.45) is 1.64. The molecule has 0 fully saturated rings. The summed E-state index contributed by atoms with van der Waals surface area (Å²) < 4.78 is 0. The van der Waals surface area contributed by atoms with Gasteiger partial charge in [0.25, 0.3) is 0 Å². The fourth-order valence-electron chi connectivity index (χ4n) is 2.22. The number of benzene rings is 1. The molecule has 0 atom stereocenters. The number of anilines is 3. The van der Waals surface area contributed by atoms with Gasteiger partial charge >= 0.3 is 0 Å². The number of fused-ring (bicyclic) bond motifs is 1. The number of H-pyrrole nitrogens is 1. The van der Waals surface area contributed by atoms with E-state index in [1.165, 1.54) is 0 Å². The SMILES string of the molecule is CCN(CC)c1nc(Nc2ccccc2)c2nc[nH]c2n1. The molecule has 0 amide bonds. The zero-order valence-electron chi connectivity index (χ0n) is 12.2. The van der Waals surface area contributed by atoms with Gasteiger partial charge in [-0.3, -0.25) is 0 Å². The van der Waals surface area contributed by atoms with Crippen LogP contribution in [0.5, 0.6) is 0 Å². The lowest BCUT2D eigenvalue weighted by Crippen LogP contribution is -2.24. The number of nitrogens with one attached hydrogen (secondary N) is 2. The van der Waals surface area contributed by atoms with E-state index in [2.05, 4.69) is 44.0 Å². The van der Waals surface area contributed by atoms with Crippen molar-refractivity contribution in [1.29, 1.82) is 0 Å². The van der Waals surface area contributed by atoms with E-state index in [0.717, 1.165) is 29.9 Å². The minimum absolute atomic E-state index is 0.704. The van der Waals surface area contributed by atoms with Crippen molar-refractivity contribution in [2.45, 2.75) is 13.8 Å². The van der Waals surface area contributed by atoms with Gasteiger partial charge in [0.2, 0.25) is 5.95 Å². The monoisotopic (exact) mass is 282 g/mol. The van der Waals surface area contributed by atoms with Crippen LogP contribution in [0.4, 0.5) is 17.5 Å². The highest BCUT2D eigenvalue weighted by Crippen LogP contribution is 2.23. The summed E-state index contributed by atoms with van der Waals surface area (Å²) in [4.78, 5) is 18.6. The lowest BCUT2D eigenvalue weighted by molar-refractivity contribution is 0.826. The summed E-state index contributed by atoms with van der Waals surface area (Å²) in [7, 11) is 0. The van der Waals surface area contributed by atoms with Gasteiger partial charge in [0.15, 0.2) is 17.0 Å². The molecule has 2 N–H and O–H groups in total. The van der Waals surface area contributed by atoms with Crippen LogP contribution in [-0.4, -0.2) is 33.0 Å². The summed E-state index contributed by atoms with van der Waals surface area (Å²) >= 11 is 0. The molecule has 0 unspecified atom stereocenters. The Kier molecular flexibility index (Phi) is 3.68. The average Bonchev–Trinajstić information content (AvgIpc) is 2.98. The molecule has 0 aliphatic carbocycles. The predicted octanol–water partition coefficient (Wildman–Crippen LogP) is 2.94. The number of para-hydroxylation sites is 1. The molecule has 0 saturated carbocycles. The van der Waals surface area contributed by atoms with Crippen molar-refractivity contribution < 1.29 is 0 Å². The fourth-order valence-corrected chi connectivity index (χ4v) is 2.22. The molecule has 108 valence electrons. The maximum Gasteiger partial charge on any atom is 0.229 e. The van der Waals surface area contributed by atoms with E-state index in [1.807, 2.05) is 30.3 Å². The molecule has 0 aliphatic rings. The number of imidazole rings is 1. The smallest absolute Gasteiger partial charge is 0.229 e. The van der Waals surface area contributed by atoms with Gasteiger partial charge in [-0.1, -0.05) is 18.2 Å². The quantitative estimate of drug-likeness (QED) is 0.753. The Labute approximate surface area is 123 Å². The number of aromatic nitrogens is 4. The molecular weight excluding hydrogens is 264 g/mol. The molecule has 0 spiro atoms. The van der Waals surface area contributed by atoms with Gasteiger partial charge in [0.1, 0.15) is 0 Å². The maximum atomic E-state index is 4.63. The maximum absolute atomic E-state index is 4.63. The third-order valence-electron chi connectivity index (χ3n) is 3.35. The summed E-state index contributed by atoms with van der Waals surface area (Å²) in [5.74, 6) is 1.42. The number of aromatic amines is 1. The van der Waals surface area contributed by atoms with Gasteiger partial charge in [0, 0.05) is 18.8 Å². The van der Waals surface area contributed by atoms with E-state index in [0.29, 0.717) is 11.8 Å². The first-order chi connectivity index (χ1) is 10.3. The zero-order valence-corrected chi connectivity index (χ0v) is 12.2. The molecule has 3 rings (SSSR count). The van der Waals surface area contributed by atoms with Gasteiger partial charge in [-0.15, -0.1) is 0 Å². The van der Waals surface area contributed by atoms with E-state index < -0.39 is 0 Å². The second kappa shape index (κ2) is 5.78. The molecule has 2 aromatic heterocycles. The summed E-state index contributed by atoms with van der Waals surface area (Å²) in [5.41, 5.74) is 2.46. The molecule has 1 aromatic carbocycles. The highest BCUT2D eigenvalue weighted by molar-refractivity contribution is 5.86. The highest BCUT2D eigenvalue weighted by atomic mass is 15.3. The minimum atomic E-state index is 0.704. The van der Waals surface area contributed by atoms with Crippen LogP contribution < -0.4 is 10.2 Å². The van der Waals surface area contributed by atoms with E-state index in [1.54, 1.807) is 6.33 Å². The number of hydrogen-bond donors (Lipinski definition) is 2. The molecule has 0 aliphatic heterocycles. The van der Waals surface area contributed by atoms with Crippen LogP contribution in [0.15, 0.2) is 36.7 Å². The first-order valence-electron chi connectivity index (χ1n) is 7.10. The van der Waals surface area contributed by atoms with Crippen molar-refractivity contribution in [3.63, 3.8) is 0 Å². The molecule has 2 heterocycles. The van der Waals surface area contributed by atoms with E-state index in [4.69, 9.17) is 0 Å². The number of rotatable bonds is 5. The summed E-state index contributed by atoms with van der Waals surface area (Å²) in [6, 6.07) is 9.94. The normalized spacial score (nSPS) is 10.8. The second-order valence-electron chi connectivity index (χ2n) is 4.64. The molecular formula is C15H18N6. The lowest BCUT2D eigenvalue weighted by Gasteiger charge is -2.19. The first kappa shape index (κ1) is 13.4. The molecule has 3 aromatic rings. The summed E-state index contributed by atoms with van der Waals surface area (Å²) in [5, 5.41) is 3.32. The van der Waals surface area contributed by atoms with Crippen molar-refractivity contribution in [1.82, 2.24) is 19.9 Å². The molecule has 6 nitrogen and oxygen atoms in total. The lowest BCUT2D eigenvalue weighted by atomic mass is 10.3. The first-order valence-corrected chi connectivity index (χ1v) is 7.10. The van der Waals surface area contributed by atoms with Crippen LogP contribution in [-0.2, 0) is 0 Å². The van der Waals surface area contributed by atoms with E-state index in [9.17, 15) is 0 Å². The largest absolute Gasteiger partial charge is 0.341 e. The van der Waals surface area contributed by atoms with Crippen LogP contribution in [0.3, 0.4) is 0 Å². The van der Waals surface area contributed by atoms with Crippen molar-refractivity contribution in [3.8, 4) is 0 Å². The predicted molar refractivity (Wildman–Crippen MR) is 85.0 cm³/mol. The van der Waals surface area contributed by atoms with Gasteiger partial charge in [-0.2, -0.15) is 9.97 Å². The topological polar surface area (TPSA) is 69.7 Å². The van der Waals surface area contributed by atoms with Crippen molar-refractivity contribution in [2.24, 2.45) is 0 Å². The Hall–Kier alpha value is -2.63. The molecule has 0 radical (unpaired) electrons. The Bertz CT molecular complexity index is 717. The zero-order chi connectivity index (χ0) is 14.7.